The molecule has 1 N–H and O–H groups in total. The fourth-order valence-electron chi connectivity index (χ4n) is 0.981. The normalized spacial score (nSPS) is 11.4. The zero-order valence-electron chi connectivity index (χ0n) is 7.87. The number of aromatic carboxylic acids is 1. The van der Waals surface area contributed by atoms with Gasteiger partial charge in [0.1, 0.15) is 0 Å². The lowest BCUT2D eigenvalue weighted by atomic mass is 10.2. The lowest BCUT2D eigenvalue weighted by molar-refractivity contribution is -0.133. The van der Waals surface area contributed by atoms with Gasteiger partial charge in [-0.25, -0.2) is 4.79 Å². The molecule has 0 aliphatic rings. The molecule has 1 aromatic rings. The molecular formula is C9H7F3O4. The van der Waals surface area contributed by atoms with Crippen LogP contribution < -0.4 is 0 Å². The van der Waals surface area contributed by atoms with Gasteiger partial charge in [0.25, 0.3) is 0 Å². The van der Waals surface area contributed by atoms with Crippen LogP contribution in [0.2, 0.25) is 0 Å². The van der Waals surface area contributed by atoms with Crippen molar-refractivity contribution in [1.29, 1.82) is 0 Å². The van der Waals surface area contributed by atoms with Crippen LogP contribution in [-0.4, -0.2) is 23.0 Å². The van der Waals surface area contributed by atoms with Gasteiger partial charge in [0.05, 0.1) is 6.42 Å². The lowest BCUT2D eigenvalue weighted by Gasteiger charge is -2.03. The summed E-state index contributed by atoms with van der Waals surface area (Å²) in [5.41, 5.74) is 0. The molecule has 0 fully saturated rings. The van der Waals surface area contributed by atoms with Crippen molar-refractivity contribution < 1.29 is 32.3 Å². The van der Waals surface area contributed by atoms with E-state index in [9.17, 15) is 22.8 Å². The maximum Gasteiger partial charge on any atom is 0.389 e. The molecule has 4 nitrogen and oxygen atoms in total. The number of carboxylic acids is 1. The number of alkyl halides is 3. The fourth-order valence-corrected chi connectivity index (χ4v) is 0.981. The number of carbonyl (C=O) groups excluding carboxylic acids is 1. The Morgan fingerprint density at radius 3 is 2.25 bits per heavy atom. The number of hydrogen-bond acceptors (Lipinski definition) is 3. The summed E-state index contributed by atoms with van der Waals surface area (Å²) in [4.78, 5) is 21.5. The molecule has 16 heavy (non-hydrogen) atoms. The number of rotatable bonds is 4. The van der Waals surface area contributed by atoms with E-state index in [1.165, 1.54) is 0 Å². The highest BCUT2D eigenvalue weighted by Gasteiger charge is 2.29. The topological polar surface area (TPSA) is 67.5 Å². The molecule has 0 atom stereocenters. The van der Waals surface area contributed by atoms with Crippen LogP contribution in [0.15, 0.2) is 16.5 Å². The van der Waals surface area contributed by atoms with E-state index >= 15 is 0 Å². The number of hydrogen-bond donors (Lipinski definition) is 1. The summed E-state index contributed by atoms with van der Waals surface area (Å²) in [6.07, 6.45) is -6.43. The monoisotopic (exact) mass is 236 g/mol. The van der Waals surface area contributed by atoms with Gasteiger partial charge in [-0.2, -0.15) is 13.2 Å². The minimum Gasteiger partial charge on any atom is -0.475 e. The molecule has 0 aromatic carbocycles. The van der Waals surface area contributed by atoms with Gasteiger partial charge in [-0.05, 0) is 12.1 Å². The van der Waals surface area contributed by atoms with Crippen molar-refractivity contribution >= 4 is 11.8 Å². The van der Waals surface area contributed by atoms with Gasteiger partial charge < -0.3 is 9.52 Å². The zero-order chi connectivity index (χ0) is 12.3. The van der Waals surface area contributed by atoms with Crippen LogP contribution in [0.5, 0.6) is 0 Å². The zero-order valence-corrected chi connectivity index (χ0v) is 7.87. The van der Waals surface area contributed by atoms with E-state index in [0.717, 1.165) is 12.1 Å². The third kappa shape index (κ3) is 3.41. The Balaban J connectivity index is 2.63. The number of furan rings is 1. The van der Waals surface area contributed by atoms with Gasteiger partial charge in [-0.1, -0.05) is 0 Å². The van der Waals surface area contributed by atoms with E-state index in [2.05, 4.69) is 4.42 Å². The molecule has 0 unspecified atom stereocenters. The molecule has 1 aromatic heterocycles. The van der Waals surface area contributed by atoms with Crippen molar-refractivity contribution in [2.75, 3.05) is 0 Å². The molecule has 7 heteroatoms. The van der Waals surface area contributed by atoms with Crippen molar-refractivity contribution in [3.8, 4) is 0 Å². The summed E-state index contributed by atoms with van der Waals surface area (Å²) < 4.78 is 39.9. The fraction of sp³-hybridized carbons (Fsp3) is 0.333. The number of Topliss-reactive ketones (excluding diaryl/α,β-unsaturated/α-hetero) is 1. The van der Waals surface area contributed by atoms with Crippen molar-refractivity contribution in [1.82, 2.24) is 0 Å². The smallest absolute Gasteiger partial charge is 0.389 e. The van der Waals surface area contributed by atoms with Gasteiger partial charge in [0.2, 0.25) is 5.76 Å². The lowest BCUT2D eigenvalue weighted by Crippen LogP contribution is -2.10. The Kier molecular flexibility index (Phi) is 3.36. The quantitative estimate of drug-likeness (QED) is 0.815. The molecule has 1 heterocycles. The maximum atomic E-state index is 11.8. The summed E-state index contributed by atoms with van der Waals surface area (Å²) in [7, 11) is 0. The van der Waals surface area contributed by atoms with E-state index in [4.69, 9.17) is 5.11 Å². The van der Waals surface area contributed by atoms with Crippen LogP contribution in [-0.2, 0) is 0 Å². The highest BCUT2D eigenvalue weighted by molar-refractivity contribution is 5.95. The summed E-state index contributed by atoms with van der Waals surface area (Å²) in [6, 6.07) is 2.06. The van der Waals surface area contributed by atoms with Crippen LogP contribution in [0.1, 0.15) is 34.0 Å². The van der Waals surface area contributed by atoms with Gasteiger partial charge in [-0.15, -0.1) is 0 Å². The van der Waals surface area contributed by atoms with Gasteiger partial charge in [0, 0.05) is 6.42 Å². The molecular weight excluding hydrogens is 229 g/mol. The van der Waals surface area contributed by atoms with Gasteiger partial charge in [0.15, 0.2) is 11.5 Å². The molecule has 1 rings (SSSR count). The predicted molar refractivity (Wildman–Crippen MR) is 45.3 cm³/mol. The van der Waals surface area contributed by atoms with Crippen LogP contribution in [0, 0.1) is 0 Å². The first-order chi connectivity index (χ1) is 7.29. The summed E-state index contributed by atoms with van der Waals surface area (Å²) in [5, 5.41) is 8.45. The second-order valence-electron chi connectivity index (χ2n) is 3.01. The molecule has 0 amide bonds. The van der Waals surface area contributed by atoms with E-state index < -0.39 is 36.5 Å². The molecule has 0 saturated carbocycles. The summed E-state index contributed by atoms with van der Waals surface area (Å²) in [6.45, 7) is 0. The number of carboxylic acid groups (broad SMARTS) is 1. The Bertz CT molecular complexity index is 405. The van der Waals surface area contributed by atoms with Crippen LogP contribution in [0.4, 0.5) is 13.2 Å². The number of ketones is 1. The third-order valence-electron chi connectivity index (χ3n) is 1.73. The average molecular weight is 236 g/mol. The second kappa shape index (κ2) is 4.38. The standard InChI is InChI=1S/C9H7F3O4/c10-9(11,12)4-3-5(13)6-1-2-7(16-6)8(14)15/h1-2H,3-4H2,(H,14,15). The Hall–Kier alpha value is -1.79. The first kappa shape index (κ1) is 12.3. The maximum absolute atomic E-state index is 11.8. The summed E-state index contributed by atoms with van der Waals surface area (Å²) in [5.74, 6) is -3.10. The number of carbonyl (C=O) groups is 2. The largest absolute Gasteiger partial charge is 0.475 e. The highest BCUT2D eigenvalue weighted by Crippen LogP contribution is 2.23. The van der Waals surface area contributed by atoms with E-state index in [-0.39, 0.29) is 5.76 Å². The Labute approximate surface area is 87.7 Å². The van der Waals surface area contributed by atoms with Gasteiger partial charge in [-0.3, -0.25) is 4.79 Å². The molecule has 0 spiro atoms. The molecule has 0 radical (unpaired) electrons. The van der Waals surface area contributed by atoms with Crippen LogP contribution in [0.25, 0.3) is 0 Å². The third-order valence-corrected chi connectivity index (χ3v) is 1.73. The van der Waals surface area contributed by atoms with Crippen molar-refractivity contribution in [3.05, 3.63) is 23.7 Å². The Morgan fingerprint density at radius 1 is 1.25 bits per heavy atom. The molecule has 0 aliphatic heterocycles. The van der Waals surface area contributed by atoms with Crippen molar-refractivity contribution in [2.24, 2.45) is 0 Å². The molecule has 88 valence electrons. The van der Waals surface area contributed by atoms with E-state index in [1.807, 2.05) is 0 Å². The first-order valence-electron chi connectivity index (χ1n) is 4.22. The van der Waals surface area contributed by atoms with Crippen molar-refractivity contribution in [3.63, 3.8) is 0 Å². The van der Waals surface area contributed by atoms with E-state index in [0.29, 0.717) is 0 Å². The predicted octanol–water partition coefficient (Wildman–Crippen LogP) is 2.50. The second-order valence-corrected chi connectivity index (χ2v) is 3.01. The Morgan fingerprint density at radius 2 is 1.81 bits per heavy atom. The SMILES string of the molecule is O=C(O)c1ccc(C(=O)CCC(F)(F)F)o1. The molecule has 0 aliphatic carbocycles. The first-order valence-corrected chi connectivity index (χ1v) is 4.22. The van der Waals surface area contributed by atoms with Crippen LogP contribution in [0.3, 0.4) is 0 Å². The highest BCUT2D eigenvalue weighted by atomic mass is 19.4. The van der Waals surface area contributed by atoms with Crippen LogP contribution >= 0.6 is 0 Å². The summed E-state index contributed by atoms with van der Waals surface area (Å²) >= 11 is 0. The molecule has 0 saturated heterocycles. The minimum atomic E-state index is -4.42. The number of halogens is 3. The van der Waals surface area contributed by atoms with Gasteiger partial charge >= 0.3 is 12.1 Å². The average Bonchev–Trinajstić information content (AvgIpc) is 2.61. The van der Waals surface area contributed by atoms with E-state index in [1.54, 1.807) is 0 Å². The molecule has 0 bridgehead atoms. The van der Waals surface area contributed by atoms with Crippen molar-refractivity contribution in [2.45, 2.75) is 19.0 Å². The minimum absolute atomic E-state index is 0.373.